The quantitative estimate of drug-likeness (QED) is 0.570. The Balaban J connectivity index is 2.97. The first-order valence-corrected chi connectivity index (χ1v) is 6.83. The van der Waals surface area contributed by atoms with E-state index >= 15 is 0 Å². The lowest BCUT2D eigenvalue weighted by Gasteiger charge is -2.15. The highest BCUT2D eigenvalue weighted by molar-refractivity contribution is 7.89. The predicted molar refractivity (Wildman–Crippen MR) is 58.7 cm³/mol. The molecule has 16 heavy (non-hydrogen) atoms. The maximum absolute atomic E-state index is 11.7. The number of hydrogen-bond acceptors (Lipinski definition) is 4. The van der Waals surface area contributed by atoms with Crippen molar-refractivity contribution >= 4 is 33.0 Å². The van der Waals surface area contributed by atoms with E-state index in [0.717, 1.165) is 4.90 Å². The Morgan fingerprint density at radius 1 is 1.56 bits per heavy atom. The molecular weight excluding hydrogens is 256 g/mol. The van der Waals surface area contributed by atoms with Crippen molar-refractivity contribution in [3.63, 3.8) is 0 Å². The second-order valence-electron chi connectivity index (χ2n) is 3.60. The summed E-state index contributed by atoms with van der Waals surface area (Å²) in [4.78, 5) is 23.3. The highest BCUT2D eigenvalue weighted by atomic mass is 35.5. The van der Waals surface area contributed by atoms with E-state index < -0.39 is 27.5 Å². The van der Waals surface area contributed by atoms with Gasteiger partial charge in [-0.05, 0) is 24.9 Å². The van der Waals surface area contributed by atoms with E-state index in [2.05, 4.69) is 0 Å². The molecule has 0 bridgehead atoms. The van der Waals surface area contributed by atoms with Crippen LogP contribution in [0.25, 0.3) is 0 Å². The molecule has 0 aromatic heterocycles. The van der Waals surface area contributed by atoms with Crippen molar-refractivity contribution in [3.8, 4) is 0 Å². The fourth-order valence-corrected chi connectivity index (χ4v) is 3.30. The van der Waals surface area contributed by atoms with Gasteiger partial charge >= 0.3 is 11.4 Å². The monoisotopic (exact) mass is 268 g/mol. The fraction of sp³-hybridized carbons (Fsp3) is 0.750. The molecule has 1 saturated heterocycles. The summed E-state index contributed by atoms with van der Waals surface area (Å²) in [6.07, 6.45) is 0.412. The largest absolute Gasteiger partial charge is 0.341 e. The van der Waals surface area contributed by atoms with Crippen LogP contribution in [0.15, 0.2) is 0 Å². The van der Waals surface area contributed by atoms with Crippen molar-refractivity contribution in [2.24, 2.45) is 0 Å². The highest BCUT2D eigenvalue weighted by Gasteiger charge is 2.43. The molecular formula is C8H13ClN2O4S. The summed E-state index contributed by atoms with van der Waals surface area (Å²) in [6, 6.07) is -1.38. The van der Waals surface area contributed by atoms with Crippen LogP contribution in [-0.2, 0) is 10.0 Å². The van der Waals surface area contributed by atoms with Crippen molar-refractivity contribution in [2.75, 3.05) is 12.3 Å². The van der Waals surface area contributed by atoms with Gasteiger partial charge in [0.25, 0.3) is 0 Å². The van der Waals surface area contributed by atoms with Gasteiger partial charge in [0, 0.05) is 0 Å². The number of sulfonamides is 1. The number of imide groups is 1. The van der Waals surface area contributed by atoms with Crippen LogP contribution in [0.4, 0.5) is 9.59 Å². The zero-order valence-electron chi connectivity index (χ0n) is 9.01. The number of carbonyl (C=O) groups is 2. The summed E-state index contributed by atoms with van der Waals surface area (Å²) in [6.45, 7) is 3.24. The van der Waals surface area contributed by atoms with Gasteiger partial charge in [-0.2, -0.15) is 0 Å². The van der Waals surface area contributed by atoms with Crippen LogP contribution < -0.4 is 0 Å². The van der Waals surface area contributed by atoms with Crippen LogP contribution in [-0.4, -0.2) is 47.4 Å². The third-order valence-corrected chi connectivity index (χ3v) is 4.36. The van der Waals surface area contributed by atoms with E-state index in [4.69, 9.17) is 11.6 Å². The van der Waals surface area contributed by atoms with Gasteiger partial charge in [-0.25, -0.2) is 22.4 Å². The molecule has 0 aromatic carbocycles. The second-order valence-corrected chi connectivity index (χ2v) is 5.94. The molecule has 0 aromatic rings. The standard InChI is InChI=1S/C8H13ClN2O4S/c1-3-4-16(14,15)10-5-6(2)11(7(9)12)8(10)13/h6H,3-5H2,1-2H3. The molecule has 1 aliphatic rings. The number of rotatable bonds is 3. The lowest BCUT2D eigenvalue weighted by atomic mass is 10.3. The van der Waals surface area contributed by atoms with Crippen LogP contribution in [0.2, 0.25) is 0 Å². The normalized spacial score (nSPS) is 21.7. The molecule has 1 aliphatic heterocycles. The van der Waals surface area contributed by atoms with Crippen LogP contribution in [0.5, 0.6) is 0 Å². The Hall–Kier alpha value is -0.820. The molecule has 0 aliphatic carbocycles. The Labute approximate surface area is 99.2 Å². The molecule has 1 atom stereocenters. The maximum atomic E-state index is 11.7. The molecule has 6 nitrogen and oxygen atoms in total. The van der Waals surface area contributed by atoms with Gasteiger partial charge in [0.1, 0.15) is 0 Å². The number of carbonyl (C=O) groups excluding carboxylic acids is 2. The molecule has 8 heteroatoms. The third-order valence-electron chi connectivity index (χ3n) is 2.28. The summed E-state index contributed by atoms with van der Waals surface area (Å²) in [7, 11) is -3.63. The van der Waals surface area contributed by atoms with Gasteiger partial charge in [-0.1, -0.05) is 6.92 Å². The zero-order valence-corrected chi connectivity index (χ0v) is 10.6. The van der Waals surface area contributed by atoms with Gasteiger partial charge < -0.3 is 0 Å². The van der Waals surface area contributed by atoms with E-state index in [-0.39, 0.29) is 12.3 Å². The number of halogens is 1. The first kappa shape index (κ1) is 13.2. The van der Waals surface area contributed by atoms with Crippen molar-refractivity contribution in [2.45, 2.75) is 26.3 Å². The van der Waals surface area contributed by atoms with E-state index in [1.54, 1.807) is 13.8 Å². The summed E-state index contributed by atoms with van der Waals surface area (Å²) >= 11 is 5.21. The average Bonchev–Trinajstić information content (AvgIpc) is 2.42. The molecule has 0 saturated carbocycles. The van der Waals surface area contributed by atoms with Crippen molar-refractivity contribution in [1.82, 2.24) is 9.21 Å². The highest BCUT2D eigenvalue weighted by Crippen LogP contribution is 2.21. The van der Waals surface area contributed by atoms with E-state index in [9.17, 15) is 18.0 Å². The molecule has 1 fully saturated rings. The predicted octanol–water partition coefficient (Wildman–Crippen LogP) is 1.21. The molecule has 0 radical (unpaired) electrons. The third kappa shape index (κ3) is 2.30. The van der Waals surface area contributed by atoms with Crippen molar-refractivity contribution in [3.05, 3.63) is 0 Å². The summed E-state index contributed by atoms with van der Waals surface area (Å²) < 4.78 is 24.1. The zero-order chi connectivity index (χ0) is 12.5. The van der Waals surface area contributed by atoms with Gasteiger partial charge in [-0.15, -0.1) is 0 Å². The van der Waals surface area contributed by atoms with E-state index in [1.165, 1.54) is 0 Å². The van der Waals surface area contributed by atoms with E-state index in [1.807, 2.05) is 0 Å². The molecule has 0 spiro atoms. The molecule has 1 heterocycles. The Morgan fingerprint density at radius 3 is 2.50 bits per heavy atom. The summed E-state index contributed by atoms with van der Waals surface area (Å²) in [5.74, 6) is -0.115. The number of amides is 3. The lowest BCUT2D eigenvalue weighted by molar-refractivity contribution is 0.200. The molecule has 1 unspecified atom stereocenters. The van der Waals surface area contributed by atoms with Crippen molar-refractivity contribution < 1.29 is 18.0 Å². The maximum Gasteiger partial charge on any atom is 0.341 e. The smallest absolute Gasteiger partial charge is 0.255 e. The van der Waals surface area contributed by atoms with Crippen molar-refractivity contribution in [1.29, 1.82) is 0 Å². The van der Waals surface area contributed by atoms with E-state index in [0.29, 0.717) is 10.7 Å². The topological polar surface area (TPSA) is 74.8 Å². The van der Waals surface area contributed by atoms with Gasteiger partial charge in [0.2, 0.25) is 10.0 Å². The fourth-order valence-electron chi connectivity index (χ4n) is 1.56. The minimum atomic E-state index is -3.63. The average molecular weight is 269 g/mol. The van der Waals surface area contributed by atoms with Gasteiger partial charge in [0.05, 0.1) is 18.3 Å². The molecule has 1 rings (SSSR count). The first-order chi connectivity index (χ1) is 7.31. The minimum Gasteiger partial charge on any atom is -0.255 e. The second kappa shape index (κ2) is 4.58. The van der Waals surface area contributed by atoms with Crippen LogP contribution in [0.1, 0.15) is 20.3 Å². The van der Waals surface area contributed by atoms with Crippen LogP contribution in [0.3, 0.4) is 0 Å². The van der Waals surface area contributed by atoms with Crippen LogP contribution >= 0.6 is 11.6 Å². The number of urea groups is 1. The first-order valence-electron chi connectivity index (χ1n) is 4.84. The summed E-state index contributed by atoms with van der Waals surface area (Å²) in [5.41, 5.74) is 0. The Morgan fingerprint density at radius 2 is 2.12 bits per heavy atom. The van der Waals surface area contributed by atoms with Gasteiger partial charge in [0.15, 0.2) is 0 Å². The number of hydrogen-bond donors (Lipinski definition) is 0. The Kier molecular flexibility index (Phi) is 3.80. The lowest BCUT2D eigenvalue weighted by Crippen LogP contribution is -2.38. The van der Waals surface area contributed by atoms with Crippen LogP contribution in [0, 0.1) is 0 Å². The molecule has 3 amide bonds. The SMILES string of the molecule is CCCS(=O)(=O)N1CC(C)N(C(=O)Cl)C1=O. The van der Waals surface area contributed by atoms with Gasteiger partial charge in [-0.3, -0.25) is 4.79 Å². The molecule has 92 valence electrons. The molecule has 0 N–H and O–H groups in total. The number of nitrogens with zero attached hydrogens (tertiary/aromatic N) is 2. The minimum absolute atomic E-state index is 0.0281. The summed E-state index contributed by atoms with van der Waals surface area (Å²) in [5, 5.41) is -0.952. The Bertz CT molecular complexity index is 408.